The van der Waals surface area contributed by atoms with E-state index in [1.165, 1.54) is 23.1 Å². The molecule has 3 aromatic heterocycles. The van der Waals surface area contributed by atoms with Crippen molar-refractivity contribution in [2.24, 2.45) is 7.05 Å². The standard InChI is InChI=1S/C15H11F2N5O3/c1-21-7-9(6-19-21)22-14(23)10(15(24)25)4-12(20-22)8-2-3-11(13(16)17)18-5-8/h2-7,13H,1H3,(H,24,25). The molecule has 0 aliphatic rings. The molecule has 8 nitrogen and oxygen atoms in total. The number of alkyl halides is 2. The van der Waals surface area contributed by atoms with Gasteiger partial charge in [0.1, 0.15) is 16.9 Å². The quantitative estimate of drug-likeness (QED) is 0.770. The molecule has 25 heavy (non-hydrogen) atoms. The Morgan fingerprint density at radius 2 is 2.04 bits per heavy atom. The molecule has 0 fully saturated rings. The Labute approximate surface area is 139 Å². The van der Waals surface area contributed by atoms with E-state index in [4.69, 9.17) is 0 Å². The summed E-state index contributed by atoms with van der Waals surface area (Å²) in [4.78, 5) is 27.3. The predicted octanol–water partition coefficient (Wildman–Crippen LogP) is 1.66. The van der Waals surface area contributed by atoms with E-state index >= 15 is 0 Å². The highest BCUT2D eigenvalue weighted by Gasteiger charge is 2.18. The van der Waals surface area contributed by atoms with Crippen LogP contribution in [0.1, 0.15) is 22.5 Å². The number of hydrogen-bond donors (Lipinski definition) is 1. The maximum absolute atomic E-state index is 12.6. The van der Waals surface area contributed by atoms with E-state index in [-0.39, 0.29) is 11.4 Å². The number of aromatic nitrogens is 5. The minimum Gasteiger partial charge on any atom is -0.477 e. The van der Waals surface area contributed by atoms with E-state index in [0.29, 0.717) is 5.56 Å². The summed E-state index contributed by atoms with van der Waals surface area (Å²) >= 11 is 0. The van der Waals surface area contributed by atoms with Crippen LogP contribution in [0.25, 0.3) is 16.9 Å². The molecular weight excluding hydrogens is 336 g/mol. The van der Waals surface area contributed by atoms with Crippen LogP contribution < -0.4 is 5.56 Å². The van der Waals surface area contributed by atoms with Crippen molar-refractivity contribution in [1.29, 1.82) is 0 Å². The van der Waals surface area contributed by atoms with Crippen molar-refractivity contribution in [2.75, 3.05) is 0 Å². The van der Waals surface area contributed by atoms with Gasteiger partial charge in [0.15, 0.2) is 0 Å². The van der Waals surface area contributed by atoms with Gasteiger partial charge in [-0.2, -0.15) is 14.9 Å². The van der Waals surface area contributed by atoms with E-state index in [9.17, 15) is 23.5 Å². The summed E-state index contributed by atoms with van der Waals surface area (Å²) in [6.07, 6.45) is 1.26. The van der Waals surface area contributed by atoms with Gasteiger partial charge in [-0.25, -0.2) is 13.6 Å². The Hall–Kier alpha value is -3.43. The zero-order chi connectivity index (χ0) is 18.1. The van der Waals surface area contributed by atoms with Crippen LogP contribution in [0.5, 0.6) is 0 Å². The van der Waals surface area contributed by atoms with E-state index in [1.807, 2.05) is 0 Å². The van der Waals surface area contributed by atoms with Gasteiger partial charge in [0.25, 0.3) is 12.0 Å². The predicted molar refractivity (Wildman–Crippen MR) is 81.7 cm³/mol. The molecule has 0 radical (unpaired) electrons. The highest BCUT2D eigenvalue weighted by molar-refractivity contribution is 5.88. The molecule has 0 spiro atoms. The van der Waals surface area contributed by atoms with E-state index in [0.717, 1.165) is 23.0 Å². The molecular formula is C15H11F2N5O3. The largest absolute Gasteiger partial charge is 0.477 e. The number of nitrogens with zero attached hydrogens (tertiary/aromatic N) is 5. The second kappa shape index (κ2) is 6.23. The second-order valence-corrected chi connectivity index (χ2v) is 5.11. The SMILES string of the molecule is Cn1cc(-n2nc(-c3ccc(C(F)F)nc3)cc(C(=O)O)c2=O)cn1. The van der Waals surface area contributed by atoms with E-state index in [2.05, 4.69) is 15.2 Å². The number of aromatic carboxylic acids is 1. The molecule has 0 aromatic carbocycles. The van der Waals surface area contributed by atoms with Crippen molar-refractivity contribution in [3.63, 3.8) is 0 Å². The molecule has 0 saturated carbocycles. The van der Waals surface area contributed by atoms with Crippen LogP contribution in [-0.4, -0.2) is 35.6 Å². The number of carboxylic acids is 1. The zero-order valence-electron chi connectivity index (χ0n) is 12.8. The smallest absolute Gasteiger partial charge is 0.341 e. The van der Waals surface area contributed by atoms with Crippen molar-refractivity contribution in [1.82, 2.24) is 24.5 Å². The Morgan fingerprint density at radius 3 is 2.56 bits per heavy atom. The molecule has 3 aromatic rings. The molecule has 0 aliphatic heterocycles. The number of carbonyl (C=O) groups is 1. The first-order valence-corrected chi connectivity index (χ1v) is 6.98. The first-order chi connectivity index (χ1) is 11.9. The number of halogens is 2. The molecule has 3 rings (SSSR count). The third kappa shape index (κ3) is 3.13. The van der Waals surface area contributed by atoms with Gasteiger partial charge >= 0.3 is 5.97 Å². The lowest BCUT2D eigenvalue weighted by Gasteiger charge is -2.08. The minimum absolute atomic E-state index is 0.106. The summed E-state index contributed by atoms with van der Waals surface area (Å²) in [6, 6.07) is 3.53. The molecule has 1 N–H and O–H groups in total. The number of carboxylic acid groups (broad SMARTS) is 1. The highest BCUT2D eigenvalue weighted by Crippen LogP contribution is 2.21. The summed E-state index contributed by atoms with van der Waals surface area (Å²) in [7, 11) is 1.63. The van der Waals surface area contributed by atoms with Gasteiger partial charge in [-0.15, -0.1) is 0 Å². The van der Waals surface area contributed by atoms with E-state index in [1.54, 1.807) is 7.05 Å². The zero-order valence-corrected chi connectivity index (χ0v) is 12.8. The Bertz CT molecular complexity index is 995. The van der Waals surface area contributed by atoms with Gasteiger partial charge in [0.05, 0.1) is 18.1 Å². The summed E-state index contributed by atoms with van der Waals surface area (Å²) in [6.45, 7) is 0. The van der Waals surface area contributed by atoms with Crippen LogP contribution >= 0.6 is 0 Å². The summed E-state index contributed by atoms with van der Waals surface area (Å²) in [5.41, 5.74) is -1.08. The van der Waals surface area contributed by atoms with Gasteiger partial charge in [-0.3, -0.25) is 14.5 Å². The highest BCUT2D eigenvalue weighted by atomic mass is 19.3. The molecule has 10 heteroatoms. The molecule has 0 bridgehead atoms. The lowest BCUT2D eigenvalue weighted by Crippen LogP contribution is -2.27. The van der Waals surface area contributed by atoms with Crippen LogP contribution in [0.3, 0.4) is 0 Å². The van der Waals surface area contributed by atoms with Crippen molar-refractivity contribution in [3.8, 4) is 16.9 Å². The van der Waals surface area contributed by atoms with Crippen LogP contribution in [0.15, 0.2) is 41.6 Å². The molecule has 3 heterocycles. The third-order valence-electron chi connectivity index (χ3n) is 3.38. The average molecular weight is 347 g/mol. The fourth-order valence-corrected chi connectivity index (χ4v) is 2.17. The summed E-state index contributed by atoms with van der Waals surface area (Å²) in [5.74, 6) is -1.43. The second-order valence-electron chi connectivity index (χ2n) is 5.11. The van der Waals surface area contributed by atoms with Crippen molar-refractivity contribution < 1.29 is 18.7 Å². The van der Waals surface area contributed by atoms with Crippen molar-refractivity contribution in [3.05, 3.63) is 58.4 Å². The average Bonchev–Trinajstić information content (AvgIpc) is 3.01. The molecule has 0 saturated heterocycles. The van der Waals surface area contributed by atoms with Gasteiger partial charge in [-0.05, 0) is 18.2 Å². The molecule has 0 atom stereocenters. The van der Waals surface area contributed by atoms with Gasteiger partial charge in [0, 0.05) is 18.8 Å². The minimum atomic E-state index is -2.72. The fourth-order valence-electron chi connectivity index (χ4n) is 2.17. The molecule has 0 amide bonds. The molecule has 0 aliphatic carbocycles. The van der Waals surface area contributed by atoms with Gasteiger partial charge < -0.3 is 5.11 Å². The van der Waals surface area contributed by atoms with Gasteiger partial charge in [-0.1, -0.05) is 0 Å². The number of rotatable bonds is 4. The maximum Gasteiger partial charge on any atom is 0.341 e. The fraction of sp³-hybridized carbons (Fsp3) is 0.133. The van der Waals surface area contributed by atoms with Crippen LogP contribution in [0.4, 0.5) is 8.78 Å². The van der Waals surface area contributed by atoms with Crippen molar-refractivity contribution >= 4 is 5.97 Å². The number of hydrogen-bond acceptors (Lipinski definition) is 5. The number of aryl methyl sites for hydroxylation is 1. The lowest BCUT2D eigenvalue weighted by molar-refractivity contribution is 0.0694. The first-order valence-electron chi connectivity index (χ1n) is 6.98. The Morgan fingerprint density at radius 1 is 1.28 bits per heavy atom. The third-order valence-corrected chi connectivity index (χ3v) is 3.38. The van der Waals surface area contributed by atoms with Crippen molar-refractivity contribution in [2.45, 2.75) is 6.43 Å². The lowest BCUT2D eigenvalue weighted by atomic mass is 10.1. The molecule has 0 unspecified atom stereocenters. The van der Waals surface area contributed by atoms with E-state index < -0.39 is 29.2 Å². The summed E-state index contributed by atoms with van der Waals surface area (Å²) in [5, 5.41) is 17.3. The monoisotopic (exact) mass is 347 g/mol. The maximum atomic E-state index is 12.6. The normalized spacial score (nSPS) is 11.0. The van der Waals surface area contributed by atoms with Crippen LogP contribution in [-0.2, 0) is 7.05 Å². The first kappa shape index (κ1) is 16.4. The molecule has 128 valence electrons. The van der Waals surface area contributed by atoms with Gasteiger partial charge in [0.2, 0.25) is 0 Å². The topological polar surface area (TPSA) is 103 Å². The Kier molecular flexibility index (Phi) is 4.09. The van der Waals surface area contributed by atoms with Crippen LogP contribution in [0, 0.1) is 0 Å². The summed E-state index contributed by atoms with van der Waals surface area (Å²) < 4.78 is 27.5. The number of pyridine rings is 1. The van der Waals surface area contributed by atoms with Crippen LogP contribution in [0.2, 0.25) is 0 Å². The Balaban J connectivity index is 2.18.